The Balaban J connectivity index is 1.90. The monoisotopic (exact) mass is 405 g/mol. The fraction of sp³-hybridized carbons (Fsp3) is 0.474. The van der Waals surface area contributed by atoms with Crippen molar-refractivity contribution in [3.8, 4) is 0 Å². The Morgan fingerprint density at radius 3 is 2.71 bits per heavy atom. The van der Waals surface area contributed by atoms with Crippen LogP contribution in [0.25, 0.3) is 0 Å². The number of rotatable bonds is 4. The lowest BCUT2D eigenvalue weighted by atomic mass is 9.76. The van der Waals surface area contributed by atoms with Crippen molar-refractivity contribution in [2.24, 2.45) is 17.6 Å². The zero-order valence-electron chi connectivity index (χ0n) is 15.6. The van der Waals surface area contributed by atoms with E-state index in [0.29, 0.717) is 22.7 Å². The molecule has 9 heteroatoms. The molecule has 0 saturated carbocycles. The molecular formula is C19H22ClN4O4+. The average Bonchev–Trinajstić information content (AvgIpc) is 3.21. The molecule has 3 aliphatic rings. The SMILES string of the molecule is CC[C@@H](C)N1C(=O)[C@@H]2[C@H](CC(N)=O)[NH2+][C@@]3(C(=O)Nc4c(Cl)cccc43)[C@@H]2C1=O. The van der Waals surface area contributed by atoms with E-state index in [0.717, 1.165) is 0 Å². The number of hydrogen-bond donors (Lipinski definition) is 3. The van der Waals surface area contributed by atoms with E-state index in [1.807, 2.05) is 6.92 Å². The number of quaternary nitrogens is 1. The van der Waals surface area contributed by atoms with Crippen molar-refractivity contribution in [2.45, 2.75) is 44.3 Å². The molecule has 1 spiro atoms. The van der Waals surface area contributed by atoms with Gasteiger partial charge in [-0.05, 0) is 25.5 Å². The maximum absolute atomic E-state index is 13.4. The van der Waals surface area contributed by atoms with Crippen LogP contribution in [0.2, 0.25) is 5.02 Å². The molecule has 3 heterocycles. The van der Waals surface area contributed by atoms with Gasteiger partial charge in [-0.25, -0.2) is 0 Å². The summed E-state index contributed by atoms with van der Waals surface area (Å²) in [7, 11) is 0. The second-order valence-corrected chi connectivity index (χ2v) is 8.20. The molecule has 0 radical (unpaired) electrons. The molecule has 28 heavy (non-hydrogen) atoms. The summed E-state index contributed by atoms with van der Waals surface area (Å²) in [5.74, 6) is -3.39. The highest BCUT2D eigenvalue weighted by Gasteiger charge is 2.74. The first-order chi connectivity index (χ1) is 13.2. The van der Waals surface area contributed by atoms with Crippen molar-refractivity contribution in [2.75, 3.05) is 5.32 Å². The summed E-state index contributed by atoms with van der Waals surface area (Å²) >= 11 is 6.26. The number of para-hydroxylation sites is 1. The van der Waals surface area contributed by atoms with Gasteiger partial charge in [-0.2, -0.15) is 0 Å². The predicted octanol–water partition coefficient (Wildman–Crippen LogP) is -0.292. The van der Waals surface area contributed by atoms with E-state index >= 15 is 0 Å². The number of primary amides is 1. The van der Waals surface area contributed by atoms with Crippen LogP contribution in [-0.2, 0) is 24.7 Å². The molecule has 148 valence electrons. The van der Waals surface area contributed by atoms with Crippen molar-refractivity contribution in [3.63, 3.8) is 0 Å². The molecule has 4 amide bonds. The number of imide groups is 1. The number of amides is 4. The minimum Gasteiger partial charge on any atom is -0.369 e. The predicted molar refractivity (Wildman–Crippen MR) is 99.9 cm³/mol. The van der Waals surface area contributed by atoms with Gasteiger partial charge in [0.05, 0.1) is 17.1 Å². The molecule has 3 aliphatic heterocycles. The van der Waals surface area contributed by atoms with E-state index in [2.05, 4.69) is 5.32 Å². The Morgan fingerprint density at radius 1 is 1.36 bits per heavy atom. The molecule has 8 nitrogen and oxygen atoms in total. The van der Waals surface area contributed by atoms with E-state index in [1.165, 1.54) is 4.90 Å². The number of likely N-dealkylation sites (tertiary alicyclic amines) is 1. The highest BCUT2D eigenvalue weighted by molar-refractivity contribution is 6.35. The zero-order chi connectivity index (χ0) is 20.4. The molecule has 0 unspecified atom stereocenters. The molecule has 1 aromatic rings. The van der Waals surface area contributed by atoms with Crippen LogP contribution in [-0.4, -0.2) is 40.6 Å². The van der Waals surface area contributed by atoms with E-state index in [-0.39, 0.29) is 24.3 Å². The molecule has 1 aromatic carbocycles. The zero-order valence-corrected chi connectivity index (χ0v) is 16.3. The first kappa shape index (κ1) is 18.9. The maximum atomic E-state index is 13.4. The Morgan fingerprint density at radius 2 is 2.07 bits per heavy atom. The second-order valence-electron chi connectivity index (χ2n) is 7.79. The van der Waals surface area contributed by atoms with Crippen molar-refractivity contribution in [1.82, 2.24) is 4.90 Å². The van der Waals surface area contributed by atoms with Crippen LogP contribution in [0.3, 0.4) is 0 Å². The molecule has 4 rings (SSSR count). The number of nitrogens with two attached hydrogens (primary N) is 2. The normalized spacial score (nSPS) is 31.9. The summed E-state index contributed by atoms with van der Waals surface area (Å²) in [6.07, 6.45) is 0.502. The van der Waals surface area contributed by atoms with Gasteiger partial charge in [0, 0.05) is 11.6 Å². The van der Waals surface area contributed by atoms with Crippen molar-refractivity contribution in [3.05, 3.63) is 28.8 Å². The fourth-order valence-corrected chi connectivity index (χ4v) is 5.23. The second kappa shape index (κ2) is 6.28. The first-order valence-corrected chi connectivity index (χ1v) is 9.73. The van der Waals surface area contributed by atoms with Crippen LogP contribution >= 0.6 is 11.6 Å². The van der Waals surface area contributed by atoms with Crippen LogP contribution < -0.4 is 16.4 Å². The van der Waals surface area contributed by atoms with Gasteiger partial charge in [0.25, 0.3) is 5.91 Å². The van der Waals surface area contributed by atoms with Gasteiger partial charge in [-0.3, -0.25) is 24.1 Å². The van der Waals surface area contributed by atoms with Gasteiger partial charge < -0.3 is 16.4 Å². The summed E-state index contributed by atoms with van der Waals surface area (Å²) in [4.78, 5) is 52.7. The number of carbonyl (C=O) groups is 4. The minimum atomic E-state index is -1.33. The molecule has 2 fully saturated rings. The number of halogens is 1. The Labute approximate surface area is 166 Å². The number of fused-ring (bicyclic) bond motifs is 4. The molecule has 0 aliphatic carbocycles. The van der Waals surface area contributed by atoms with Gasteiger partial charge in [-0.1, -0.05) is 24.6 Å². The lowest BCUT2D eigenvalue weighted by Gasteiger charge is -2.28. The van der Waals surface area contributed by atoms with Crippen LogP contribution in [0, 0.1) is 11.8 Å². The largest absolute Gasteiger partial charge is 0.369 e. The van der Waals surface area contributed by atoms with Gasteiger partial charge in [-0.15, -0.1) is 0 Å². The van der Waals surface area contributed by atoms with Crippen molar-refractivity contribution >= 4 is 40.9 Å². The minimum absolute atomic E-state index is 0.0978. The Hall–Kier alpha value is -2.45. The highest BCUT2D eigenvalue weighted by atomic mass is 35.5. The molecule has 2 saturated heterocycles. The van der Waals surface area contributed by atoms with Gasteiger partial charge >= 0.3 is 0 Å². The standard InChI is InChI=1S/C19H21ClN4O4/c1-3-8(2)24-16(26)13-11(7-12(21)25)23-19(14(13)17(24)27)9-5-4-6-10(20)15(9)22-18(19)28/h4-6,8,11,13-14,23H,3,7H2,1-2H3,(H2,21,25)(H,22,28)/p+1/t8-,11+,13-,14+,19-/m1/s1. The third kappa shape index (κ3) is 2.28. The van der Waals surface area contributed by atoms with Crippen molar-refractivity contribution in [1.29, 1.82) is 0 Å². The lowest BCUT2D eigenvalue weighted by Crippen LogP contribution is -2.99. The summed E-state index contributed by atoms with van der Waals surface area (Å²) in [6, 6.07) is 4.22. The topological polar surface area (TPSA) is 126 Å². The maximum Gasteiger partial charge on any atom is 0.291 e. The number of nitrogens with zero attached hydrogens (tertiary/aromatic N) is 1. The number of carbonyl (C=O) groups excluding carboxylic acids is 4. The number of nitrogens with one attached hydrogen (secondary N) is 1. The molecule has 0 aromatic heterocycles. The van der Waals surface area contributed by atoms with Crippen LogP contribution in [0.5, 0.6) is 0 Å². The fourth-order valence-electron chi connectivity index (χ4n) is 5.01. The molecule has 0 bridgehead atoms. The summed E-state index contributed by atoms with van der Waals surface area (Å²) in [5.41, 5.74) is 5.09. The van der Waals surface area contributed by atoms with Gasteiger partial charge in [0.1, 0.15) is 17.9 Å². The van der Waals surface area contributed by atoms with Crippen LogP contribution in [0.15, 0.2) is 18.2 Å². The molecular weight excluding hydrogens is 384 g/mol. The molecule has 5 atom stereocenters. The van der Waals surface area contributed by atoms with Crippen LogP contribution in [0.4, 0.5) is 5.69 Å². The third-order valence-electron chi connectivity index (χ3n) is 6.36. The van der Waals surface area contributed by atoms with E-state index in [1.54, 1.807) is 30.4 Å². The summed E-state index contributed by atoms with van der Waals surface area (Å²) < 4.78 is 0. The number of benzene rings is 1. The third-order valence-corrected chi connectivity index (χ3v) is 6.67. The Kier molecular flexibility index (Phi) is 4.24. The number of anilines is 1. The Bertz CT molecular complexity index is 919. The van der Waals surface area contributed by atoms with E-state index in [9.17, 15) is 19.2 Å². The van der Waals surface area contributed by atoms with E-state index in [4.69, 9.17) is 17.3 Å². The van der Waals surface area contributed by atoms with Gasteiger partial charge in [0.15, 0.2) is 0 Å². The van der Waals surface area contributed by atoms with E-state index < -0.39 is 35.2 Å². The number of hydrogen-bond acceptors (Lipinski definition) is 4. The molecule has 5 N–H and O–H groups in total. The first-order valence-electron chi connectivity index (χ1n) is 9.35. The van der Waals surface area contributed by atoms with Crippen LogP contribution in [0.1, 0.15) is 32.3 Å². The summed E-state index contributed by atoms with van der Waals surface area (Å²) in [5, 5.41) is 4.82. The average molecular weight is 406 g/mol. The van der Waals surface area contributed by atoms with Crippen molar-refractivity contribution < 1.29 is 24.5 Å². The summed E-state index contributed by atoms with van der Waals surface area (Å²) in [6.45, 7) is 3.69. The smallest absolute Gasteiger partial charge is 0.291 e. The highest BCUT2D eigenvalue weighted by Crippen LogP contribution is 2.51. The lowest BCUT2D eigenvalue weighted by molar-refractivity contribution is -0.732. The van der Waals surface area contributed by atoms with Gasteiger partial charge in [0.2, 0.25) is 23.3 Å². The quantitative estimate of drug-likeness (QED) is 0.595.